The van der Waals surface area contributed by atoms with Crippen molar-refractivity contribution in [1.82, 2.24) is 9.88 Å². The van der Waals surface area contributed by atoms with Gasteiger partial charge in [0.2, 0.25) is 0 Å². The molecule has 1 aromatic rings. The third-order valence-corrected chi connectivity index (χ3v) is 4.80. The molecule has 0 amide bonds. The van der Waals surface area contributed by atoms with E-state index in [0.29, 0.717) is 10.9 Å². The van der Waals surface area contributed by atoms with Crippen LogP contribution in [0.25, 0.3) is 0 Å². The lowest BCUT2D eigenvalue weighted by molar-refractivity contribution is 0.191. The summed E-state index contributed by atoms with van der Waals surface area (Å²) in [5.41, 5.74) is 2.50. The van der Waals surface area contributed by atoms with Crippen LogP contribution in [0.2, 0.25) is 0 Å². The molecule has 0 N–H and O–H groups in total. The fourth-order valence-electron chi connectivity index (χ4n) is 2.60. The second-order valence-corrected chi connectivity index (χ2v) is 6.23. The summed E-state index contributed by atoms with van der Waals surface area (Å²) < 4.78 is 0. The van der Waals surface area contributed by atoms with Gasteiger partial charge in [-0.25, -0.2) is 0 Å². The lowest BCUT2D eigenvalue weighted by atomic mass is 9.94. The number of aromatic nitrogens is 1. The van der Waals surface area contributed by atoms with Crippen molar-refractivity contribution in [2.75, 3.05) is 7.05 Å². The number of pyridine rings is 1. The van der Waals surface area contributed by atoms with Gasteiger partial charge in [0.25, 0.3) is 0 Å². The van der Waals surface area contributed by atoms with Crippen LogP contribution in [0.3, 0.4) is 0 Å². The van der Waals surface area contributed by atoms with Gasteiger partial charge in [-0.3, -0.25) is 9.88 Å². The third kappa shape index (κ3) is 3.29. The molecule has 1 fully saturated rings. The van der Waals surface area contributed by atoms with Crippen LogP contribution in [0.1, 0.15) is 36.9 Å². The summed E-state index contributed by atoms with van der Waals surface area (Å²) in [4.78, 5) is 7.58. The number of hydrogen-bond donors (Lipinski definition) is 0. The van der Waals surface area contributed by atoms with Gasteiger partial charge in [0.05, 0.1) is 5.69 Å². The molecular weight excluding hydrogens is 276 g/mol. The summed E-state index contributed by atoms with van der Waals surface area (Å²) >= 11 is 3.83. The largest absolute Gasteiger partial charge is 0.296 e. The van der Waals surface area contributed by atoms with Gasteiger partial charge in [-0.05, 0) is 38.4 Å². The number of alkyl halides is 1. The Kier molecular flexibility index (Phi) is 4.57. The van der Waals surface area contributed by atoms with Crippen molar-refractivity contribution in [1.29, 1.82) is 0 Å². The third-order valence-electron chi connectivity index (χ3n) is 3.73. The molecule has 2 rings (SSSR count). The first-order chi connectivity index (χ1) is 8.18. The van der Waals surface area contributed by atoms with Gasteiger partial charge < -0.3 is 0 Å². The first kappa shape index (κ1) is 13.0. The Hall–Kier alpha value is -0.410. The van der Waals surface area contributed by atoms with Crippen molar-refractivity contribution in [3.8, 4) is 0 Å². The van der Waals surface area contributed by atoms with Gasteiger partial charge in [-0.2, -0.15) is 0 Å². The topological polar surface area (TPSA) is 16.1 Å². The van der Waals surface area contributed by atoms with Crippen molar-refractivity contribution in [3.05, 3.63) is 29.6 Å². The molecule has 1 heterocycles. The molecule has 2 atom stereocenters. The van der Waals surface area contributed by atoms with E-state index in [2.05, 4.69) is 45.9 Å². The molecule has 0 aliphatic heterocycles. The van der Waals surface area contributed by atoms with E-state index in [4.69, 9.17) is 0 Å². The quantitative estimate of drug-likeness (QED) is 0.794. The van der Waals surface area contributed by atoms with Crippen molar-refractivity contribution in [2.45, 2.75) is 50.0 Å². The van der Waals surface area contributed by atoms with E-state index in [-0.39, 0.29) is 0 Å². The second-order valence-electron chi connectivity index (χ2n) is 5.05. The summed E-state index contributed by atoms with van der Waals surface area (Å²) in [6.07, 6.45) is 7.22. The van der Waals surface area contributed by atoms with Gasteiger partial charge in [0.15, 0.2) is 0 Å². The van der Waals surface area contributed by atoms with Crippen LogP contribution in [0.15, 0.2) is 18.3 Å². The normalized spacial score (nSPS) is 25.2. The molecule has 2 nitrogen and oxygen atoms in total. The second kappa shape index (κ2) is 5.96. The molecule has 94 valence electrons. The Labute approximate surface area is 113 Å². The molecule has 1 aromatic heterocycles. The molecule has 0 spiro atoms. The zero-order valence-electron chi connectivity index (χ0n) is 10.7. The zero-order chi connectivity index (χ0) is 12.3. The van der Waals surface area contributed by atoms with Crippen LogP contribution in [0.4, 0.5) is 0 Å². The highest BCUT2D eigenvalue weighted by Crippen LogP contribution is 2.28. The van der Waals surface area contributed by atoms with Crippen LogP contribution in [0, 0.1) is 6.92 Å². The highest BCUT2D eigenvalue weighted by Gasteiger charge is 2.26. The Morgan fingerprint density at radius 2 is 2.18 bits per heavy atom. The van der Waals surface area contributed by atoms with Crippen molar-refractivity contribution >= 4 is 15.9 Å². The monoisotopic (exact) mass is 296 g/mol. The average Bonchev–Trinajstić information content (AvgIpc) is 2.32. The highest BCUT2D eigenvalue weighted by atomic mass is 79.9. The number of rotatable bonds is 3. The summed E-state index contributed by atoms with van der Waals surface area (Å²) in [5, 5.41) is 0. The first-order valence-corrected chi connectivity index (χ1v) is 7.35. The molecule has 17 heavy (non-hydrogen) atoms. The molecule has 1 saturated carbocycles. The van der Waals surface area contributed by atoms with Crippen LogP contribution in [-0.4, -0.2) is 27.8 Å². The van der Waals surface area contributed by atoms with E-state index in [1.54, 1.807) is 0 Å². The highest BCUT2D eigenvalue weighted by molar-refractivity contribution is 9.09. The van der Waals surface area contributed by atoms with Crippen LogP contribution in [-0.2, 0) is 6.54 Å². The zero-order valence-corrected chi connectivity index (χ0v) is 12.3. The standard InChI is InChI=1S/C14H21BrN2/c1-11-6-5-9-16-13(11)10-17(2)14-8-4-3-7-12(14)15/h5-6,9,12,14H,3-4,7-8,10H2,1-2H3. The van der Waals surface area contributed by atoms with E-state index in [0.717, 1.165) is 6.54 Å². The average molecular weight is 297 g/mol. The maximum Gasteiger partial charge on any atom is 0.0573 e. The first-order valence-electron chi connectivity index (χ1n) is 6.43. The van der Waals surface area contributed by atoms with Crippen LogP contribution < -0.4 is 0 Å². The molecule has 0 radical (unpaired) electrons. The molecule has 3 heteroatoms. The minimum absolute atomic E-state index is 0.644. The lowest BCUT2D eigenvalue weighted by Gasteiger charge is -2.35. The Morgan fingerprint density at radius 1 is 1.41 bits per heavy atom. The number of aryl methyl sites for hydroxylation is 1. The molecule has 2 unspecified atom stereocenters. The van der Waals surface area contributed by atoms with E-state index in [9.17, 15) is 0 Å². The van der Waals surface area contributed by atoms with E-state index in [1.165, 1.54) is 36.9 Å². The summed E-state index contributed by atoms with van der Waals surface area (Å²) in [6, 6.07) is 4.81. The summed E-state index contributed by atoms with van der Waals surface area (Å²) in [6.45, 7) is 3.10. The fraction of sp³-hybridized carbons (Fsp3) is 0.643. The van der Waals surface area contributed by atoms with Gasteiger partial charge in [-0.15, -0.1) is 0 Å². The molecule has 1 aliphatic rings. The maximum atomic E-state index is 4.48. The van der Waals surface area contributed by atoms with E-state index >= 15 is 0 Å². The predicted molar refractivity (Wildman–Crippen MR) is 75.4 cm³/mol. The molecule has 0 bridgehead atoms. The maximum absolute atomic E-state index is 4.48. The van der Waals surface area contributed by atoms with Gasteiger partial charge in [-0.1, -0.05) is 34.8 Å². The molecular formula is C14H21BrN2. The lowest BCUT2D eigenvalue weighted by Crippen LogP contribution is -2.40. The van der Waals surface area contributed by atoms with E-state index in [1.807, 2.05) is 12.3 Å². The van der Waals surface area contributed by atoms with Gasteiger partial charge in [0.1, 0.15) is 0 Å². The minimum atomic E-state index is 0.644. The number of hydrogen-bond acceptors (Lipinski definition) is 2. The Bertz CT molecular complexity index is 367. The molecule has 0 aromatic carbocycles. The van der Waals surface area contributed by atoms with Crippen molar-refractivity contribution in [2.24, 2.45) is 0 Å². The minimum Gasteiger partial charge on any atom is -0.296 e. The van der Waals surface area contributed by atoms with Crippen molar-refractivity contribution in [3.63, 3.8) is 0 Å². The van der Waals surface area contributed by atoms with Crippen molar-refractivity contribution < 1.29 is 0 Å². The van der Waals surface area contributed by atoms with Gasteiger partial charge >= 0.3 is 0 Å². The number of nitrogens with zero attached hydrogens (tertiary/aromatic N) is 2. The predicted octanol–water partition coefficient (Wildman–Crippen LogP) is 3.53. The molecule has 1 aliphatic carbocycles. The molecule has 0 saturated heterocycles. The van der Waals surface area contributed by atoms with E-state index < -0.39 is 0 Å². The van der Waals surface area contributed by atoms with Crippen LogP contribution in [0.5, 0.6) is 0 Å². The Balaban J connectivity index is 2.01. The number of halogens is 1. The SMILES string of the molecule is Cc1cccnc1CN(C)C1CCCCC1Br. The van der Waals surface area contributed by atoms with Crippen LogP contribution >= 0.6 is 15.9 Å². The summed E-state index contributed by atoms with van der Waals surface area (Å²) in [7, 11) is 2.22. The Morgan fingerprint density at radius 3 is 2.88 bits per heavy atom. The smallest absolute Gasteiger partial charge is 0.0573 e. The fourth-order valence-corrected chi connectivity index (χ4v) is 3.59. The summed E-state index contributed by atoms with van der Waals surface area (Å²) in [5.74, 6) is 0. The van der Waals surface area contributed by atoms with Gasteiger partial charge in [0, 0.05) is 23.6 Å².